The molecule has 0 aliphatic heterocycles. The Kier molecular flexibility index (Phi) is 5.01. The quantitative estimate of drug-likeness (QED) is 0.822. The van der Waals surface area contributed by atoms with Gasteiger partial charge in [0.1, 0.15) is 0 Å². The third kappa shape index (κ3) is 3.77. The van der Waals surface area contributed by atoms with E-state index < -0.39 is 0 Å². The molecule has 17 heavy (non-hydrogen) atoms. The van der Waals surface area contributed by atoms with Crippen LogP contribution in [-0.4, -0.2) is 19.5 Å². The normalized spacial score (nSPS) is 12.3. The first-order valence-corrected chi connectivity index (χ1v) is 6.11. The van der Waals surface area contributed by atoms with Gasteiger partial charge in [-0.05, 0) is 24.0 Å². The van der Waals surface area contributed by atoms with Gasteiger partial charge in [0, 0.05) is 19.3 Å². The van der Waals surface area contributed by atoms with Gasteiger partial charge in [-0.25, -0.2) is 0 Å². The SMILES string of the molecule is CNc1ccccc1C(=O)NCC(C)C(C)C. The highest BCUT2D eigenvalue weighted by atomic mass is 16.1. The van der Waals surface area contributed by atoms with Gasteiger partial charge < -0.3 is 10.6 Å². The Labute approximate surface area is 104 Å². The van der Waals surface area contributed by atoms with Crippen LogP contribution in [0.5, 0.6) is 0 Å². The summed E-state index contributed by atoms with van der Waals surface area (Å²) in [5.41, 5.74) is 1.56. The van der Waals surface area contributed by atoms with Crippen molar-refractivity contribution in [1.29, 1.82) is 0 Å². The highest BCUT2D eigenvalue weighted by molar-refractivity contribution is 5.99. The monoisotopic (exact) mass is 234 g/mol. The van der Waals surface area contributed by atoms with Gasteiger partial charge in [-0.1, -0.05) is 32.9 Å². The number of carbonyl (C=O) groups excluding carboxylic acids is 1. The third-order valence-electron chi connectivity index (χ3n) is 3.16. The zero-order valence-electron chi connectivity index (χ0n) is 11.1. The molecule has 94 valence electrons. The molecular weight excluding hydrogens is 212 g/mol. The lowest BCUT2D eigenvalue weighted by atomic mass is 9.98. The highest BCUT2D eigenvalue weighted by Crippen LogP contribution is 2.14. The maximum atomic E-state index is 12.0. The maximum Gasteiger partial charge on any atom is 0.253 e. The molecule has 1 amide bonds. The molecule has 1 rings (SSSR count). The molecule has 0 bridgehead atoms. The molecular formula is C14H22N2O. The summed E-state index contributed by atoms with van der Waals surface area (Å²) in [5.74, 6) is 1.05. The number of rotatable bonds is 5. The van der Waals surface area contributed by atoms with Crippen LogP contribution in [0.1, 0.15) is 31.1 Å². The number of benzene rings is 1. The Bertz CT molecular complexity index is 374. The molecule has 3 heteroatoms. The minimum Gasteiger partial charge on any atom is -0.387 e. The molecule has 0 radical (unpaired) electrons. The van der Waals surface area contributed by atoms with E-state index in [4.69, 9.17) is 0 Å². The van der Waals surface area contributed by atoms with E-state index >= 15 is 0 Å². The van der Waals surface area contributed by atoms with Crippen molar-refractivity contribution in [2.75, 3.05) is 18.9 Å². The fourth-order valence-electron chi connectivity index (χ4n) is 1.48. The average Bonchev–Trinajstić information content (AvgIpc) is 2.35. The molecule has 1 atom stereocenters. The summed E-state index contributed by atoms with van der Waals surface area (Å²) in [5, 5.41) is 6.00. The lowest BCUT2D eigenvalue weighted by Crippen LogP contribution is -2.30. The molecule has 1 aromatic rings. The van der Waals surface area contributed by atoms with E-state index in [9.17, 15) is 4.79 Å². The van der Waals surface area contributed by atoms with Crippen LogP contribution in [0.25, 0.3) is 0 Å². The van der Waals surface area contributed by atoms with Crippen LogP contribution < -0.4 is 10.6 Å². The topological polar surface area (TPSA) is 41.1 Å². The third-order valence-corrected chi connectivity index (χ3v) is 3.16. The van der Waals surface area contributed by atoms with Crippen molar-refractivity contribution in [3.05, 3.63) is 29.8 Å². The minimum absolute atomic E-state index is 0.0116. The van der Waals surface area contributed by atoms with Crippen molar-refractivity contribution in [2.45, 2.75) is 20.8 Å². The standard InChI is InChI=1S/C14H22N2O/c1-10(2)11(3)9-16-14(17)12-7-5-6-8-13(12)15-4/h5-8,10-11,15H,9H2,1-4H3,(H,16,17). The fourth-order valence-corrected chi connectivity index (χ4v) is 1.48. The van der Waals surface area contributed by atoms with Crippen LogP contribution in [0, 0.1) is 11.8 Å². The van der Waals surface area contributed by atoms with Crippen molar-refractivity contribution in [2.24, 2.45) is 11.8 Å². The van der Waals surface area contributed by atoms with E-state index in [2.05, 4.69) is 31.4 Å². The Balaban J connectivity index is 2.64. The number of hydrogen-bond acceptors (Lipinski definition) is 2. The van der Waals surface area contributed by atoms with E-state index in [1.807, 2.05) is 31.3 Å². The van der Waals surface area contributed by atoms with Gasteiger partial charge in [0.15, 0.2) is 0 Å². The van der Waals surface area contributed by atoms with E-state index in [1.54, 1.807) is 0 Å². The molecule has 0 aliphatic carbocycles. The van der Waals surface area contributed by atoms with Crippen LogP contribution in [0.15, 0.2) is 24.3 Å². The Morgan fingerprint density at radius 1 is 1.24 bits per heavy atom. The zero-order chi connectivity index (χ0) is 12.8. The number of hydrogen-bond donors (Lipinski definition) is 2. The minimum atomic E-state index is -0.0116. The Morgan fingerprint density at radius 2 is 1.88 bits per heavy atom. The van der Waals surface area contributed by atoms with Gasteiger partial charge in [-0.3, -0.25) is 4.79 Å². The molecule has 0 saturated heterocycles. The van der Waals surface area contributed by atoms with Crippen molar-refractivity contribution in [1.82, 2.24) is 5.32 Å². The van der Waals surface area contributed by atoms with E-state index in [0.717, 1.165) is 5.69 Å². The van der Waals surface area contributed by atoms with Gasteiger partial charge in [-0.2, -0.15) is 0 Å². The summed E-state index contributed by atoms with van der Waals surface area (Å²) in [6, 6.07) is 7.53. The second-order valence-electron chi connectivity index (χ2n) is 4.73. The second-order valence-corrected chi connectivity index (χ2v) is 4.73. The van der Waals surface area contributed by atoms with Gasteiger partial charge in [-0.15, -0.1) is 0 Å². The summed E-state index contributed by atoms with van der Waals surface area (Å²) in [6.07, 6.45) is 0. The van der Waals surface area contributed by atoms with Crippen LogP contribution in [-0.2, 0) is 0 Å². The van der Waals surface area contributed by atoms with E-state index in [-0.39, 0.29) is 5.91 Å². The average molecular weight is 234 g/mol. The van der Waals surface area contributed by atoms with Gasteiger partial charge in [0.2, 0.25) is 0 Å². The number of anilines is 1. The Hall–Kier alpha value is -1.51. The van der Waals surface area contributed by atoms with Gasteiger partial charge in [0.25, 0.3) is 5.91 Å². The fraction of sp³-hybridized carbons (Fsp3) is 0.500. The summed E-state index contributed by atoms with van der Waals surface area (Å²) in [4.78, 5) is 12.0. The van der Waals surface area contributed by atoms with E-state index in [1.165, 1.54) is 0 Å². The number of carbonyl (C=O) groups is 1. The smallest absolute Gasteiger partial charge is 0.253 e. The van der Waals surface area contributed by atoms with Gasteiger partial charge in [0.05, 0.1) is 5.56 Å². The van der Waals surface area contributed by atoms with Crippen LogP contribution >= 0.6 is 0 Å². The molecule has 1 unspecified atom stereocenters. The largest absolute Gasteiger partial charge is 0.387 e. The molecule has 0 fully saturated rings. The molecule has 3 nitrogen and oxygen atoms in total. The van der Waals surface area contributed by atoms with Crippen molar-refractivity contribution < 1.29 is 4.79 Å². The molecule has 0 aromatic heterocycles. The van der Waals surface area contributed by atoms with E-state index in [0.29, 0.717) is 23.9 Å². The van der Waals surface area contributed by atoms with Gasteiger partial charge >= 0.3 is 0 Å². The van der Waals surface area contributed by atoms with Crippen LogP contribution in [0.3, 0.4) is 0 Å². The molecule has 0 spiro atoms. The number of nitrogens with one attached hydrogen (secondary N) is 2. The zero-order valence-corrected chi connectivity index (χ0v) is 11.1. The molecule has 0 aliphatic rings. The first-order valence-electron chi connectivity index (χ1n) is 6.11. The molecule has 0 heterocycles. The van der Waals surface area contributed by atoms with Crippen molar-refractivity contribution in [3.8, 4) is 0 Å². The summed E-state index contributed by atoms with van der Waals surface area (Å²) in [7, 11) is 1.82. The summed E-state index contributed by atoms with van der Waals surface area (Å²) >= 11 is 0. The van der Waals surface area contributed by atoms with Crippen molar-refractivity contribution in [3.63, 3.8) is 0 Å². The first kappa shape index (κ1) is 13.6. The highest BCUT2D eigenvalue weighted by Gasteiger charge is 2.12. The van der Waals surface area contributed by atoms with Crippen molar-refractivity contribution >= 4 is 11.6 Å². The second kappa shape index (κ2) is 6.28. The number of para-hydroxylation sites is 1. The summed E-state index contributed by atoms with van der Waals surface area (Å²) in [6.45, 7) is 7.19. The number of amides is 1. The molecule has 1 aromatic carbocycles. The summed E-state index contributed by atoms with van der Waals surface area (Å²) < 4.78 is 0. The predicted molar refractivity (Wildman–Crippen MR) is 72.3 cm³/mol. The molecule has 0 saturated carbocycles. The first-order chi connectivity index (χ1) is 8.06. The predicted octanol–water partition coefficient (Wildman–Crippen LogP) is 2.75. The van der Waals surface area contributed by atoms with Crippen LogP contribution in [0.4, 0.5) is 5.69 Å². The van der Waals surface area contributed by atoms with Crippen LogP contribution in [0.2, 0.25) is 0 Å². The molecule has 2 N–H and O–H groups in total. The maximum absolute atomic E-state index is 12.0. The lowest BCUT2D eigenvalue weighted by Gasteiger charge is -2.16. The Morgan fingerprint density at radius 3 is 2.47 bits per heavy atom. The lowest BCUT2D eigenvalue weighted by molar-refractivity contribution is 0.0945.